The largest absolute Gasteiger partial charge is 0.493 e. The summed E-state index contributed by atoms with van der Waals surface area (Å²) >= 11 is 0. The number of para-hydroxylation sites is 4. The number of rotatable bonds is 7. The van der Waals surface area contributed by atoms with Crippen LogP contribution in [0.4, 0.5) is 5.69 Å². The standard InChI is InChI=1S/C16H19NO3/c1-18-15-9-4-5-10-16(15)20-12-6-11-19-14-8-3-2-7-13(14)17/h2-5,7-10H,6,11-12,17H2,1H3. The van der Waals surface area contributed by atoms with Crippen LogP contribution in [0.2, 0.25) is 0 Å². The molecule has 0 unspecified atom stereocenters. The molecule has 106 valence electrons. The van der Waals surface area contributed by atoms with Gasteiger partial charge in [0.2, 0.25) is 0 Å². The summed E-state index contributed by atoms with van der Waals surface area (Å²) in [4.78, 5) is 0. The molecule has 0 saturated heterocycles. The van der Waals surface area contributed by atoms with Crippen LogP contribution < -0.4 is 19.9 Å². The molecule has 4 nitrogen and oxygen atoms in total. The number of ether oxygens (including phenoxy) is 3. The molecule has 0 radical (unpaired) electrons. The van der Waals surface area contributed by atoms with E-state index in [4.69, 9.17) is 19.9 Å². The maximum absolute atomic E-state index is 5.79. The van der Waals surface area contributed by atoms with E-state index < -0.39 is 0 Å². The molecule has 0 bridgehead atoms. The van der Waals surface area contributed by atoms with Crippen LogP contribution >= 0.6 is 0 Å². The maximum Gasteiger partial charge on any atom is 0.161 e. The highest BCUT2D eigenvalue weighted by molar-refractivity contribution is 5.51. The van der Waals surface area contributed by atoms with Crippen molar-refractivity contribution in [3.8, 4) is 17.2 Å². The van der Waals surface area contributed by atoms with E-state index in [0.717, 1.165) is 17.9 Å². The average molecular weight is 273 g/mol. The van der Waals surface area contributed by atoms with Gasteiger partial charge in [0.05, 0.1) is 26.0 Å². The number of benzene rings is 2. The number of methoxy groups -OCH3 is 1. The highest BCUT2D eigenvalue weighted by Gasteiger charge is 2.02. The van der Waals surface area contributed by atoms with Gasteiger partial charge in [-0.05, 0) is 24.3 Å². The topological polar surface area (TPSA) is 53.7 Å². The van der Waals surface area contributed by atoms with Crippen molar-refractivity contribution in [3.63, 3.8) is 0 Å². The van der Waals surface area contributed by atoms with Crippen molar-refractivity contribution in [2.45, 2.75) is 6.42 Å². The molecule has 0 aliphatic rings. The molecule has 0 aliphatic heterocycles. The molecule has 0 aromatic heterocycles. The highest BCUT2D eigenvalue weighted by atomic mass is 16.5. The molecule has 0 heterocycles. The van der Waals surface area contributed by atoms with Crippen LogP contribution in [0.15, 0.2) is 48.5 Å². The Labute approximate surface area is 119 Å². The van der Waals surface area contributed by atoms with Crippen LogP contribution in [-0.4, -0.2) is 20.3 Å². The summed E-state index contributed by atoms with van der Waals surface area (Å²) in [7, 11) is 1.63. The first-order valence-electron chi connectivity index (χ1n) is 6.54. The molecule has 20 heavy (non-hydrogen) atoms. The summed E-state index contributed by atoms with van der Waals surface area (Å²) in [5.41, 5.74) is 6.44. The van der Waals surface area contributed by atoms with Crippen LogP contribution in [-0.2, 0) is 0 Å². The quantitative estimate of drug-likeness (QED) is 0.622. The molecule has 2 rings (SSSR count). The van der Waals surface area contributed by atoms with E-state index in [2.05, 4.69) is 0 Å². The van der Waals surface area contributed by atoms with Crippen molar-refractivity contribution >= 4 is 5.69 Å². The van der Waals surface area contributed by atoms with E-state index in [-0.39, 0.29) is 0 Å². The van der Waals surface area contributed by atoms with Crippen LogP contribution in [0.3, 0.4) is 0 Å². The minimum absolute atomic E-state index is 0.559. The minimum Gasteiger partial charge on any atom is -0.493 e. The molecule has 0 aliphatic carbocycles. The number of nitrogens with two attached hydrogens (primary N) is 1. The van der Waals surface area contributed by atoms with Gasteiger partial charge in [0, 0.05) is 6.42 Å². The van der Waals surface area contributed by atoms with Gasteiger partial charge in [-0.3, -0.25) is 0 Å². The van der Waals surface area contributed by atoms with E-state index in [1.54, 1.807) is 7.11 Å². The van der Waals surface area contributed by atoms with Gasteiger partial charge in [0.25, 0.3) is 0 Å². The second-order valence-electron chi connectivity index (χ2n) is 4.24. The number of hydrogen-bond donors (Lipinski definition) is 1. The van der Waals surface area contributed by atoms with E-state index in [1.807, 2.05) is 48.5 Å². The third kappa shape index (κ3) is 3.82. The Bertz CT molecular complexity index is 543. The molecule has 0 amide bonds. The first-order chi connectivity index (χ1) is 9.81. The maximum atomic E-state index is 5.79. The zero-order valence-corrected chi connectivity index (χ0v) is 11.5. The number of nitrogen functional groups attached to an aromatic ring is 1. The molecule has 4 heteroatoms. The lowest BCUT2D eigenvalue weighted by molar-refractivity contribution is 0.241. The summed E-state index contributed by atoms with van der Waals surface area (Å²) in [6.07, 6.45) is 0.770. The zero-order chi connectivity index (χ0) is 14.2. The summed E-state index contributed by atoms with van der Waals surface area (Å²) in [5, 5.41) is 0. The Kier molecular flexibility index (Phi) is 5.12. The molecular weight excluding hydrogens is 254 g/mol. The highest BCUT2D eigenvalue weighted by Crippen LogP contribution is 2.25. The smallest absolute Gasteiger partial charge is 0.161 e. The van der Waals surface area contributed by atoms with Crippen molar-refractivity contribution < 1.29 is 14.2 Å². The van der Waals surface area contributed by atoms with E-state index in [1.165, 1.54) is 0 Å². The summed E-state index contributed by atoms with van der Waals surface area (Å²) in [6.45, 7) is 1.12. The zero-order valence-electron chi connectivity index (χ0n) is 11.5. The van der Waals surface area contributed by atoms with Gasteiger partial charge >= 0.3 is 0 Å². The average Bonchev–Trinajstić information content (AvgIpc) is 2.49. The fraction of sp³-hybridized carbons (Fsp3) is 0.250. The Hall–Kier alpha value is -2.36. The van der Waals surface area contributed by atoms with Gasteiger partial charge in [-0.1, -0.05) is 24.3 Å². The fourth-order valence-electron chi connectivity index (χ4n) is 1.77. The van der Waals surface area contributed by atoms with Gasteiger partial charge in [0.15, 0.2) is 11.5 Å². The number of hydrogen-bond acceptors (Lipinski definition) is 4. The van der Waals surface area contributed by atoms with Gasteiger partial charge in [0.1, 0.15) is 5.75 Å². The molecule has 2 aromatic carbocycles. The van der Waals surface area contributed by atoms with E-state index in [9.17, 15) is 0 Å². The Morgan fingerprint density at radius 3 is 2.00 bits per heavy atom. The summed E-state index contributed by atoms with van der Waals surface area (Å²) in [6, 6.07) is 15.0. The number of anilines is 1. The first kappa shape index (κ1) is 14.1. The minimum atomic E-state index is 0.559. The molecule has 0 fully saturated rings. The van der Waals surface area contributed by atoms with Gasteiger partial charge in [-0.25, -0.2) is 0 Å². The third-order valence-electron chi connectivity index (χ3n) is 2.79. The summed E-state index contributed by atoms with van der Waals surface area (Å²) in [5.74, 6) is 2.19. The molecule has 2 N–H and O–H groups in total. The molecule has 0 atom stereocenters. The Balaban J connectivity index is 1.73. The Morgan fingerprint density at radius 2 is 1.35 bits per heavy atom. The molecule has 0 saturated carbocycles. The van der Waals surface area contributed by atoms with Crippen molar-refractivity contribution in [3.05, 3.63) is 48.5 Å². The second-order valence-corrected chi connectivity index (χ2v) is 4.24. The lowest BCUT2D eigenvalue weighted by Crippen LogP contribution is -2.06. The normalized spacial score (nSPS) is 10.1. The van der Waals surface area contributed by atoms with Crippen LogP contribution in [0.25, 0.3) is 0 Å². The van der Waals surface area contributed by atoms with Gasteiger partial charge in [-0.2, -0.15) is 0 Å². The predicted octanol–water partition coefficient (Wildman–Crippen LogP) is 3.13. The predicted molar refractivity (Wildman–Crippen MR) is 79.5 cm³/mol. The van der Waals surface area contributed by atoms with Crippen LogP contribution in [0.5, 0.6) is 17.2 Å². The van der Waals surface area contributed by atoms with Crippen LogP contribution in [0, 0.1) is 0 Å². The van der Waals surface area contributed by atoms with E-state index >= 15 is 0 Å². The lowest BCUT2D eigenvalue weighted by Gasteiger charge is -2.11. The van der Waals surface area contributed by atoms with Gasteiger partial charge < -0.3 is 19.9 Å². The van der Waals surface area contributed by atoms with Crippen molar-refractivity contribution in [1.82, 2.24) is 0 Å². The Morgan fingerprint density at radius 1 is 0.800 bits per heavy atom. The lowest BCUT2D eigenvalue weighted by atomic mass is 10.3. The summed E-state index contributed by atoms with van der Waals surface area (Å²) < 4.78 is 16.5. The van der Waals surface area contributed by atoms with Crippen molar-refractivity contribution in [1.29, 1.82) is 0 Å². The van der Waals surface area contributed by atoms with Gasteiger partial charge in [-0.15, -0.1) is 0 Å². The van der Waals surface area contributed by atoms with Crippen molar-refractivity contribution in [2.24, 2.45) is 0 Å². The fourth-order valence-corrected chi connectivity index (χ4v) is 1.77. The SMILES string of the molecule is COc1ccccc1OCCCOc1ccccc1N. The molecular formula is C16H19NO3. The molecule has 2 aromatic rings. The second kappa shape index (κ2) is 7.28. The molecule has 0 spiro atoms. The third-order valence-corrected chi connectivity index (χ3v) is 2.79. The first-order valence-corrected chi connectivity index (χ1v) is 6.54. The van der Waals surface area contributed by atoms with Crippen LogP contribution in [0.1, 0.15) is 6.42 Å². The monoisotopic (exact) mass is 273 g/mol. The van der Waals surface area contributed by atoms with Crippen molar-refractivity contribution in [2.75, 3.05) is 26.1 Å². The van der Waals surface area contributed by atoms with E-state index in [0.29, 0.717) is 24.7 Å².